The summed E-state index contributed by atoms with van der Waals surface area (Å²) >= 11 is 1.64. The van der Waals surface area contributed by atoms with Crippen molar-refractivity contribution in [2.75, 3.05) is 6.61 Å². The minimum absolute atomic E-state index is 0.317. The highest BCUT2D eigenvalue weighted by atomic mass is 32.1. The molecule has 0 radical (unpaired) electrons. The van der Waals surface area contributed by atoms with Crippen LogP contribution in [0.4, 0.5) is 0 Å². The average Bonchev–Trinajstić information content (AvgIpc) is 2.50. The maximum atomic E-state index is 8.51. The Hall–Kier alpha value is -0.410. The lowest BCUT2D eigenvalue weighted by Gasteiger charge is -1.94. The van der Waals surface area contributed by atoms with Crippen molar-refractivity contribution >= 4 is 11.3 Å². The van der Waals surface area contributed by atoms with E-state index in [0.717, 1.165) is 25.7 Å². The highest BCUT2D eigenvalue weighted by Crippen LogP contribution is 2.06. The average molecular weight is 171 g/mol. The van der Waals surface area contributed by atoms with Crippen molar-refractivity contribution in [2.45, 2.75) is 25.7 Å². The largest absolute Gasteiger partial charge is 0.396 e. The zero-order chi connectivity index (χ0) is 7.94. The van der Waals surface area contributed by atoms with Gasteiger partial charge < -0.3 is 5.11 Å². The first kappa shape index (κ1) is 8.68. The van der Waals surface area contributed by atoms with Gasteiger partial charge in [-0.25, -0.2) is 4.98 Å². The zero-order valence-electron chi connectivity index (χ0n) is 6.49. The standard InChI is InChI=1S/C8H13NOS/c10-5-3-1-2-4-8-6-11-7-9-8/h6-7,10H,1-5H2. The lowest BCUT2D eigenvalue weighted by molar-refractivity contribution is 0.283. The van der Waals surface area contributed by atoms with Crippen LogP contribution in [-0.4, -0.2) is 16.7 Å². The number of hydrogen-bond donors (Lipinski definition) is 1. The van der Waals surface area contributed by atoms with E-state index in [2.05, 4.69) is 10.4 Å². The third-order valence-corrected chi connectivity index (χ3v) is 2.21. The molecule has 2 nitrogen and oxygen atoms in total. The van der Waals surface area contributed by atoms with Crippen molar-refractivity contribution in [3.05, 3.63) is 16.6 Å². The fourth-order valence-electron chi connectivity index (χ4n) is 0.956. The molecule has 1 aromatic rings. The molecule has 0 atom stereocenters. The normalized spacial score (nSPS) is 10.3. The Morgan fingerprint density at radius 2 is 2.27 bits per heavy atom. The van der Waals surface area contributed by atoms with E-state index in [1.165, 1.54) is 5.69 Å². The molecule has 1 aromatic heterocycles. The van der Waals surface area contributed by atoms with Crippen LogP contribution in [0.15, 0.2) is 10.9 Å². The predicted molar refractivity (Wildman–Crippen MR) is 46.8 cm³/mol. The summed E-state index contributed by atoms with van der Waals surface area (Å²) in [5.41, 5.74) is 3.05. The van der Waals surface area contributed by atoms with Gasteiger partial charge in [0.25, 0.3) is 0 Å². The van der Waals surface area contributed by atoms with E-state index < -0.39 is 0 Å². The van der Waals surface area contributed by atoms with Crippen LogP contribution >= 0.6 is 11.3 Å². The van der Waals surface area contributed by atoms with Crippen LogP contribution in [0.25, 0.3) is 0 Å². The first-order valence-corrected chi connectivity index (χ1v) is 4.85. The smallest absolute Gasteiger partial charge is 0.0794 e. The minimum atomic E-state index is 0.317. The summed E-state index contributed by atoms with van der Waals surface area (Å²) in [5.74, 6) is 0. The molecule has 1 heterocycles. The predicted octanol–water partition coefficient (Wildman–Crippen LogP) is 1.85. The van der Waals surface area contributed by atoms with Crippen molar-refractivity contribution in [3.63, 3.8) is 0 Å². The Morgan fingerprint density at radius 3 is 2.91 bits per heavy atom. The maximum Gasteiger partial charge on any atom is 0.0794 e. The molecule has 0 saturated carbocycles. The lowest BCUT2D eigenvalue weighted by atomic mass is 10.2. The third-order valence-electron chi connectivity index (χ3n) is 1.57. The summed E-state index contributed by atoms with van der Waals surface area (Å²) < 4.78 is 0. The number of aliphatic hydroxyl groups excluding tert-OH is 1. The second-order valence-electron chi connectivity index (χ2n) is 2.51. The molecule has 1 rings (SSSR count). The van der Waals surface area contributed by atoms with E-state index in [1.54, 1.807) is 11.3 Å². The first-order chi connectivity index (χ1) is 5.43. The minimum Gasteiger partial charge on any atom is -0.396 e. The molecular weight excluding hydrogens is 158 g/mol. The molecule has 11 heavy (non-hydrogen) atoms. The molecule has 0 aliphatic heterocycles. The molecule has 1 N–H and O–H groups in total. The van der Waals surface area contributed by atoms with E-state index in [-0.39, 0.29) is 0 Å². The quantitative estimate of drug-likeness (QED) is 0.686. The number of hydrogen-bond acceptors (Lipinski definition) is 3. The highest BCUT2D eigenvalue weighted by Gasteiger charge is 1.93. The molecule has 0 unspecified atom stereocenters. The van der Waals surface area contributed by atoms with Crippen LogP contribution in [0.2, 0.25) is 0 Å². The fraction of sp³-hybridized carbons (Fsp3) is 0.625. The van der Waals surface area contributed by atoms with Crippen molar-refractivity contribution in [1.82, 2.24) is 4.98 Å². The number of nitrogens with zero attached hydrogens (tertiary/aromatic N) is 1. The summed E-state index contributed by atoms with van der Waals surface area (Å²) in [7, 11) is 0. The van der Waals surface area contributed by atoms with Crippen LogP contribution in [0.1, 0.15) is 25.0 Å². The van der Waals surface area contributed by atoms with Gasteiger partial charge in [0.1, 0.15) is 0 Å². The highest BCUT2D eigenvalue weighted by molar-refractivity contribution is 7.07. The molecule has 0 aliphatic carbocycles. The maximum absolute atomic E-state index is 8.51. The number of thiazole rings is 1. The second-order valence-corrected chi connectivity index (χ2v) is 3.23. The Morgan fingerprint density at radius 1 is 1.36 bits per heavy atom. The Labute approximate surface area is 70.9 Å². The summed E-state index contributed by atoms with van der Waals surface area (Å²) in [6.07, 6.45) is 4.23. The van der Waals surface area contributed by atoms with Gasteiger partial charge in [-0.15, -0.1) is 11.3 Å². The van der Waals surface area contributed by atoms with E-state index in [1.807, 2.05) is 5.51 Å². The van der Waals surface area contributed by atoms with Crippen LogP contribution in [0.5, 0.6) is 0 Å². The monoisotopic (exact) mass is 171 g/mol. The van der Waals surface area contributed by atoms with Gasteiger partial charge in [-0.3, -0.25) is 0 Å². The molecule has 0 spiro atoms. The topological polar surface area (TPSA) is 33.1 Å². The molecule has 0 amide bonds. The van der Waals surface area contributed by atoms with E-state index in [4.69, 9.17) is 5.11 Å². The Bertz CT molecular complexity index is 174. The van der Waals surface area contributed by atoms with E-state index in [9.17, 15) is 0 Å². The number of aryl methyl sites for hydroxylation is 1. The van der Waals surface area contributed by atoms with Gasteiger partial charge in [0, 0.05) is 12.0 Å². The number of aromatic nitrogens is 1. The molecule has 0 fully saturated rings. The van der Waals surface area contributed by atoms with Gasteiger partial charge in [-0.1, -0.05) is 6.42 Å². The molecule has 0 saturated heterocycles. The number of aliphatic hydroxyl groups is 1. The molecule has 0 aliphatic rings. The first-order valence-electron chi connectivity index (χ1n) is 3.91. The van der Waals surface area contributed by atoms with Gasteiger partial charge in [0.15, 0.2) is 0 Å². The summed E-state index contributed by atoms with van der Waals surface area (Å²) in [6, 6.07) is 0. The summed E-state index contributed by atoms with van der Waals surface area (Å²) in [4.78, 5) is 4.17. The van der Waals surface area contributed by atoms with Crippen molar-refractivity contribution in [1.29, 1.82) is 0 Å². The zero-order valence-corrected chi connectivity index (χ0v) is 7.31. The van der Waals surface area contributed by atoms with Crippen LogP contribution in [-0.2, 0) is 6.42 Å². The number of rotatable bonds is 5. The third kappa shape index (κ3) is 3.49. The van der Waals surface area contributed by atoms with Gasteiger partial charge in [0.05, 0.1) is 11.2 Å². The number of unbranched alkanes of at least 4 members (excludes halogenated alkanes) is 2. The summed E-state index contributed by atoms with van der Waals surface area (Å²) in [5, 5.41) is 10.6. The molecule has 3 heteroatoms. The molecule has 0 aromatic carbocycles. The van der Waals surface area contributed by atoms with E-state index in [0.29, 0.717) is 6.61 Å². The van der Waals surface area contributed by atoms with Gasteiger partial charge in [-0.2, -0.15) is 0 Å². The molecule has 62 valence electrons. The van der Waals surface area contributed by atoms with Gasteiger partial charge >= 0.3 is 0 Å². The Kier molecular flexibility index (Phi) is 4.16. The second kappa shape index (κ2) is 5.27. The van der Waals surface area contributed by atoms with Gasteiger partial charge in [-0.05, 0) is 19.3 Å². The van der Waals surface area contributed by atoms with Crippen molar-refractivity contribution in [2.24, 2.45) is 0 Å². The Balaban J connectivity index is 2.04. The summed E-state index contributed by atoms with van der Waals surface area (Å²) in [6.45, 7) is 0.317. The van der Waals surface area contributed by atoms with Crippen LogP contribution in [0.3, 0.4) is 0 Å². The SMILES string of the molecule is OCCCCCc1cscn1. The van der Waals surface area contributed by atoms with Crippen LogP contribution < -0.4 is 0 Å². The lowest BCUT2D eigenvalue weighted by Crippen LogP contribution is -1.87. The van der Waals surface area contributed by atoms with Crippen LogP contribution in [0, 0.1) is 0 Å². The molecular formula is C8H13NOS. The van der Waals surface area contributed by atoms with Crippen molar-refractivity contribution in [3.8, 4) is 0 Å². The van der Waals surface area contributed by atoms with E-state index >= 15 is 0 Å². The van der Waals surface area contributed by atoms with Gasteiger partial charge in [0.2, 0.25) is 0 Å². The van der Waals surface area contributed by atoms with Crippen molar-refractivity contribution < 1.29 is 5.11 Å². The molecule has 0 bridgehead atoms. The fourth-order valence-corrected chi connectivity index (χ4v) is 1.55.